The lowest BCUT2D eigenvalue weighted by Gasteiger charge is -2.05. The van der Waals surface area contributed by atoms with Gasteiger partial charge in [0.05, 0.1) is 18.3 Å². The number of hydrogen-bond acceptors (Lipinski definition) is 4. The van der Waals surface area contributed by atoms with E-state index in [-0.39, 0.29) is 18.0 Å². The van der Waals surface area contributed by atoms with E-state index in [0.717, 1.165) is 5.56 Å². The summed E-state index contributed by atoms with van der Waals surface area (Å²) < 4.78 is 3.01. The summed E-state index contributed by atoms with van der Waals surface area (Å²) in [5.41, 5.74) is 2.37. The number of carbonyl (C=O) groups excluding carboxylic acids is 1. The first-order valence-corrected chi connectivity index (χ1v) is 7.65. The highest BCUT2D eigenvalue weighted by molar-refractivity contribution is 5.90. The average Bonchev–Trinajstić information content (AvgIpc) is 3.19. The maximum atomic E-state index is 12.0. The minimum absolute atomic E-state index is 0.0373. The van der Waals surface area contributed by atoms with Gasteiger partial charge in [-0.2, -0.15) is 10.2 Å². The summed E-state index contributed by atoms with van der Waals surface area (Å²) in [4.78, 5) is 22.8. The second kappa shape index (κ2) is 7.00. The molecule has 3 rings (SSSR count). The highest BCUT2D eigenvalue weighted by Crippen LogP contribution is 2.10. The third kappa shape index (κ3) is 4.11. The fraction of sp³-hybridized carbons (Fsp3) is 0.176. The summed E-state index contributed by atoms with van der Waals surface area (Å²) in [5.74, 6) is -0.980. The molecule has 2 N–H and O–H groups in total. The van der Waals surface area contributed by atoms with E-state index in [0.29, 0.717) is 12.4 Å². The van der Waals surface area contributed by atoms with Gasteiger partial charge in [0.25, 0.3) is 0 Å². The predicted molar refractivity (Wildman–Crippen MR) is 90.3 cm³/mol. The molecule has 1 amide bonds. The van der Waals surface area contributed by atoms with Gasteiger partial charge in [-0.1, -0.05) is 24.3 Å². The van der Waals surface area contributed by atoms with Crippen molar-refractivity contribution in [1.82, 2.24) is 19.6 Å². The number of nitrogens with one attached hydrogen (secondary N) is 1. The molecule has 8 heteroatoms. The quantitative estimate of drug-likeness (QED) is 0.712. The molecule has 0 atom stereocenters. The Balaban J connectivity index is 1.59. The number of benzene rings is 1. The van der Waals surface area contributed by atoms with E-state index in [1.165, 1.54) is 22.6 Å². The maximum Gasteiger partial charge on any atom is 0.338 e. The number of amides is 1. The standard InChI is InChI=1S/C17H17N5O3/c1-12-4-2-3-5-13(12)9-21-7-6-15(20-21)19-16(23)11-22-10-14(8-18-22)17(24)25/h2-8,10H,9,11H2,1H3,(H,24,25)(H,19,20,23). The van der Waals surface area contributed by atoms with Gasteiger partial charge in [-0.15, -0.1) is 0 Å². The van der Waals surface area contributed by atoms with Crippen LogP contribution in [0.15, 0.2) is 48.9 Å². The van der Waals surface area contributed by atoms with Gasteiger partial charge >= 0.3 is 5.97 Å². The topological polar surface area (TPSA) is 102 Å². The Morgan fingerprint density at radius 3 is 2.72 bits per heavy atom. The van der Waals surface area contributed by atoms with Crippen LogP contribution >= 0.6 is 0 Å². The number of aryl methyl sites for hydroxylation is 1. The zero-order valence-corrected chi connectivity index (χ0v) is 13.6. The largest absolute Gasteiger partial charge is 0.478 e. The van der Waals surface area contributed by atoms with Crippen LogP contribution in [-0.2, 0) is 17.9 Å². The maximum absolute atomic E-state index is 12.0. The van der Waals surface area contributed by atoms with Crippen LogP contribution in [0.2, 0.25) is 0 Å². The van der Waals surface area contributed by atoms with E-state index >= 15 is 0 Å². The number of nitrogens with zero attached hydrogens (tertiary/aromatic N) is 4. The molecule has 0 bridgehead atoms. The molecule has 0 unspecified atom stereocenters. The van der Waals surface area contributed by atoms with E-state index in [4.69, 9.17) is 5.11 Å². The van der Waals surface area contributed by atoms with Crippen molar-refractivity contribution in [3.63, 3.8) is 0 Å². The van der Waals surface area contributed by atoms with Crippen LogP contribution in [0.5, 0.6) is 0 Å². The highest BCUT2D eigenvalue weighted by atomic mass is 16.4. The lowest BCUT2D eigenvalue weighted by Crippen LogP contribution is -2.19. The molecule has 3 aromatic rings. The molecule has 128 valence electrons. The van der Waals surface area contributed by atoms with Gasteiger partial charge in [-0.25, -0.2) is 4.79 Å². The third-order valence-corrected chi connectivity index (χ3v) is 3.69. The van der Waals surface area contributed by atoms with Gasteiger partial charge in [0.15, 0.2) is 5.82 Å². The number of anilines is 1. The Labute approximate surface area is 143 Å². The number of rotatable bonds is 6. The number of aromatic nitrogens is 4. The second-order valence-corrected chi connectivity index (χ2v) is 5.60. The Kier molecular flexibility index (Phi) is 4.60. The molecule has 0 aliphatic carbocycles. The van der Waals surface area contributed by atoms with Crippen molar-refractivity contribution in [3.8, 4) is 0 Å². The number of carboxylic acid groups (broad SMARTS) is 1. The summed E-state index contributed by atoms with van der Waals surface area (Å²) in [6.45, 7) is 2.57. The minimum Gasteiger partial charge on any atom is -0.478 e. The molecular weight excluding hydrogens is 322 g/mol. The van der Waals surface area contributed by atoms with Gasteiger partial charge in [0.2, 0.25) is 5.91 Å². The second-order valence-electron chi connectivity index (χ2n) is 5.60. The predicted octanol–water partition coefficient (Wildman–Crippen LogP) is 1.77. The van der Waals surface area contributed by atoms with Crippen LogP contribution in [0.1, 0.15) is 21.5 Å². The molecule has 0 spiro atoms. The lowest BCUT2D eigenvalue weighted by atomic mass is 10.1. The first kappa shape index (κ1) is 16.4. The SMILES string of the molecule is Cc1ccccc1Cn1ccc(NC(=O)Cn2cc(C(=O)O)cn2)n1. The molecule has 8 nitrogen and oxygen atoms in total. The average molecular weight is 339 g/mol. The van der Waals surface area contributed by atoms with Crippen molar-refractivity contribution in [2.45, 2.75) is 20.0 Å². The molecule has 0 radical (unpaired) electrons. The van der Waals surface area contributed by atoms with Gasteiger partial charge in [0.1, 0.15) is 6.54 Å². The van der Waals surface area contributed by atoms with Crippen molar-refractivity contribution in [2.75, 3.05) is 5.32 Å². The van der Waals surface area contributed by atoms with Crippen LogP contribution < -0.4 is 5.32 Å². The van der Waals surface area contributed by atoms with Gasteiger partial charge in [0, 0.05) is 18.5 Å². The Morgan fingerprint density at radius 2 is 2.00 bits per heavy atom. The smallest absolute Gasteiger partial charge is 0.338 e. The van der Waals surface area contributed by atoms with Gasteiger partial charge in [-0.3, -0.25) is 14.2 Å². The van der Waals surface area contributed by atoms with Crippen LogP contribution in [0.3, 0.4) is 0 Å². The zero-order chi connectivity index (χ0) is 17.8. The minimum atomic E-state index is -1.08. The number of carboxylic acids is 1. The normalized spacial score (nSPS) is 10.6. The molecule has 25 heavy (non-hydrogen) atoms. The van der Waals surface area contributed by atoms with Gasteiger partial charge < -0.3 is 10.4 Å². The molecule has 0 fully saturated rings. The van der Waals surface area contributed by atoms with Crippen molar-refractivity contribution in [3.05, 3.63) is 65.6 Å². The Hall–Kier alpha value is -3.42. The lowest BCUT2D eigenvalue weighted by molar-refractivity contribution is -0.116. The fourth-order valence-electron chi connectivity index (χ4n) is 2.37. The highest BCUT2D eigenvalue weighted by Gasteiger charge is 2.10. The molecule has 1 aromatic carbocycles. The summed E-state index contributed by atoms with van der Waals surface area (Å²) in [6, 6.07) is 9.74. The van der Waals surface area contributed by atoms with Crippen LogP contribution in [-0.4, -0.2) is 36.5 Å². The Bertz CT molecular complexity index is 912. The van der Waals surface area contributed by atoms with E-state index < -0.39 is 5.97 Å². The van der Waals surface area contributed by atoms with Crippen molar-refractivity contribution >= 4 is 17.7 Å². The monoisotopic (exact) mass is 339 g/mol. The fourth-order valence-corrected chi connectivity index (χ4v) is 2.37. The summed E-state index contributed by atoms with van der Waals surface area (Å²) in [5, 5.41) is 19.7. The summed E-state index contributed by atoms with van der Waals surface area (Å²) in [6.07, 6.45) is 4.30. The zero-order valence-electron chi connectivity index (χ0n) is 13.6. The molecule has 2 heterocycles. The Morgan fingerprint density at radius 1 is 1.20 bits per heavy atom. The van der Waals surface area contributed by atoms with Crippen molar-refractivity contribution in [2.24, 2.45) is 0 Å². The van der Waals surface area contributed by atoms with E-state index in [2.05, 4.69) is 15.5 Å². The van der Waals surface area contributed by atoms with Gasteiger partial charge in [-0.05, 0) is 18.1 Å². The molecule has 0 aliphatic rings. The summed E-state index contributed by atoms with van der Waals surface area (Å²) in [7, 11) is 0. The summed E-state index contributed by atoms with van der Waals surface area (Å²) >= 11 is 0. The molecule has 2 aromatic heterocycles. The first-order valence-electron chi connectivity index (χ1n) is 7.65. The third-order valence-electron chi connectivity index (χ3n) is 3.69. The molecule has 0 saturated heterocycles. The number of aromatic carboxylic acids is 1. The van der Waals surface area contributed by atoms with Crippen LogP contribution in [0.25, 0.3) is 0 Å². The molecular formula is C17H17N5O3. The van der Waals surface area contributed by atoms with Crippen molar-refractivity contribution < 1.29 is 14.7 Å². The van der Waals surface area contributed by atoms with Crippen LogP contribution in [0.4, 0.5) is 5.82 Å². The first-order chi connectivity index (χ1) is 12.0. The number of hydrogen-bond donors (Lipinski definition) is 2. The molecule has 0 aliphatic heterocycles. The van der Waals surface area contributed by atoms with E-state index in [1.807, 2.05) is 31.2 Å². The molecule has 0 saturated carbocycles. The van der Waals surface area contributed by atoms with Crippen LogP contribution in [0, 0.1) is 6.92 Å². The van der Waals surface area contributed by atoms with Crippen molar-refractivity contribution in [1.29, 1.82) is 0 Å². The van der Waals surface area contributed by atoms with E-state index in [1.54, 1.807) is 16.9 Å². The number of carbonyl (C=O) groups is 2. The van der Waals surface area contributed by atoms with E-state index in [9.17, 15) is 9.59 Å².